The summed E-state index contributed by atoms with van der Waals surface area (Å²) >= 11 is 1.78. The number of aromatic nitrogens is 1. The lowest BCUT2D eigenvalue weighted by Crippen LogP contribution is -2.47. The molecule has 0 amide bonds. The quantitative estimate of drug-likeness (QED) is 0.828. The van der Waals surface area contributed by atoms with Crippen LogP contribution in [0.1, 0.15) is 42.3 Å². The third-order valence-electron chi connectivity index (χ3n) is 4.40. The highest BCUT2D eigenvalue weighted by atomic mass is 32.2. The zero-order valence-electron chi connectivity index (χ0n) is 12.7. The molecule has 0 N–H and O–H groups in total. The second-order valence-electron chi connectivity index (χ2n) is 6.26. The molecule has 3 rings (SSSR count). The van der Waals surface area contributed by atoms with E-state index >= 15 is 0 Å². The molecule has 1 unspecified atom stereocenters. The lowest BCUT2D eigenvalue weighted by molar-refractivity contribution is 0.152. The minimum absolute atomic E-state index is 0.0929. The minimum atomic E-state index is -3.10. The van der Waals surface area contributed by atoms with Crippen LogP contribution in [0.3, 0.4) is 0 Å². The van der Waals surface area contributed by atoms with E-state index in [2.05, 4.69) is 10.3 Å². The number of thiazole rings is 1. The van der Waals surface area contributed by atoms with Gasteiger partial charge in [-0.3, -0.25) is 4.90 Å². The molecule has 0 radical (unpaired) electrons. The lowest BCUT2D eigenvalue weighted by Gasteiger charge is -2.36. The highest BCUT2D eigenvalue weighted by Gasteiger charge is 2.29. The average molecular weight is 329 g/mol. The van der Waals surface area contributed by atoms with Gasteiger partial charge in [0, 0.05) is 37.5 Å². The molecule has 0 aromatic carbocycles. The third kappa shape index (κ3) is 3.83. The zero-order valence-corrected chi connectivity index (χ0v) is 14.3. The van der Waals surface area contributed by atoms with E-state index in [1.165, 1.54) is 28.4 Å². The Bertz CT molecular complexity index is 595. The van der Waals surface area contributed by atoms with E-state index in [4.69, 9.17) is 4.98 Å². The third-order valence-corrected chi connectivity index (χ3v) is 6.80. The van der Waals surface area contributed by atoms with E-state index in [0.29, 0.717) is 5.92 Å². The van der Waals surface area contributed by atoms with Crippen molar-refractivity contribution in [3.63, 3.8) is 0 Å². The van der Waals surface area contributed by atoms with Crippen molar-refractivity contribution in [2.45, 2.75) is 44.2 Å². The molecule has 2 heterocycles. The average Bonchev–Trinajstić information content (AvgIpc) is 3.18. The lowest BCUT2D eigenvalue weighted by atomic mass is 10.1. The van der Waals surface area contributed by atoms with E-state index in [1.807, 2.05) is 0 Å². The van der Waals surface area contributed by atoms with Gasteiger partial charge >= 0.3 is 0 Å². The van der Waals surface area contributed by atoms with Gasteiger partial charge in [-0.15, -0.1) is 11.3 Å². The Morgan fingerprint density at radius 1 is 1.43 bits per heavy atom. The van der Waals surface area contributed by atoms with Crippen molar-refractivity contribution < 1.29 is 8.42 Å². The summed E-state index contributed by atoms with van der Waals surface area (Å²) < 4.78 is 24.9. The predicted molar refractivity (Wildman–Crippen MR) is 85.0 cm³/mol. The van der Waals surface area contributed by atoms with Gasteiger partial charge in [0.15, 0.2) is 0 Å². The highest BCUT2D eigenvalue weighted by Crippen LogP contribution is 2.41. The van der Waals surface area contributed by atoms with Crippen LogP contribution in [0.2, 0.25) is 0 Å². The molecule has 21 heavy (non-hydrogen) atoms. The van der Waals surface area contributed by atoms with Crippen LogP contribution in [0.4, 0.5) is 0 Å². The van der Waals surface area contributed by atoms with Gasteiger partial charge in [-0.05, 0) is 32.2 Å². The Morgan fingerprint density at radius 2 is 2.19 bits per heavy atom. The van der Waals surface area contributed by atoms with E-state index in [9.17, 15) is 8.42 Å². The first kappa shape index (κ1) is 15.4. The van der Waals surface area contributed by atoms with E-state index in [-0.39, 0.29) is 6.04 Å². The summed E-state index contributed by atoms with van der Waals surface area (Å²) in [4.78, 5) is 7.06. The van der Waals surface area contributed by atoms with Gasteiger partial charge in [0.2, 0.25) is 10.0 Å². The number of sulfonamides is 1. The minimum Gasteiger partial charge on any atom is -0.296 e. The smallest absolute Gasteiger partial charge is 0.211 e. The number of hydrogen-bond donors (Lipinski definition) is 0. The summed E-state index contributed by atoms with van der Waals surface area (Å²) in [6.07, 6.45) is 5.86. The second kappa shape index (κ2) is 5.95. The Labute approximate surface area is 131 Å². The van der Waals surface area contributed by atoms with E-state index in [0.717, 1.165) is 38.2 Å². The molecule has 1 aromatic rings. The number of nitrogens with zero attached hydrogens (tertiary/aromatic N) is 3. The highest BCUT2D eigenvalue weighted by molar-refractivity contribution is 7.88. The van der Waals surface area contributed by atoms with Gasteiger partial charge in [-0.2, -0.15) is 0 Å². The van der Waals surface area contributed by atoms with Gasteiger partial charge in [0.1, 0.15) is 0 Å². The fraction of sp³-hybridized carbons (Fsp3) is 0.786. The van der Waals surface area contributed by atoms with Crippen molar-refractivity contribution >= 4 is 21.4 Å². The van der Waals surface area contributed by atoms with E-state index in [1.54, 1.807) is 18.4 Å². The summed E-state index contributed by atoms with van der Waals surface area (Å²) in [5.74, 6) is 0.717. The van der Waals surface area contributed by atoms with Crippen molar-refractivity contribution in [3.05, 3.63) is 16.1 Å². The standard InChI is InChI=1S/C14H23N3O2S2/c1-16(21(2,18)19)13-4-3-7-17(9-13)8-12-10-20-14(15-12)11-5-6-11/h10-11,13H,3-9H2,1-2H3. The molecule has 0 spiro atoms. The first-order valence-corrected chi connectivity index (χ1v) is 10.3. The molecule has 1 aliphatic heterocycles. The maximum absolute atomic E-state index is 11.7. The first-order valence-electron chi connectivity index (χ1n) is 7.53. The van der Waals surface area contributed by atoms with Crippen LogP contribution < -0.4 is 0 Å². The van der Waals surface area contributed by atoms with Crippen LogP contribution in [-0.4, -0.2) is 55.0 Å². The maximum atomic E-state index is 11.7. The largest absolute Gasteiger partial charge is 0.296 e. The molecule has 2 aliphatic rings. The van der Waals surface area contributed by atoms with Crippen molar-refractivity contribution in [1.82, 2.24) is 14.2 Å². The van der Waals surface area contributed by atoms with Crippen LogP contribution >= 0.6 is 11.3 Å². The van der Waals surface area contributed by atoms with Gasteiger partial charge in [0.05, 0.1) is 17.0 Å². The molecule has 118 valence electrons. The van der Waals surface area contributed by atoms with Crippen molar-refractivity contribution in [2.75, 3.05) is 26.4 Å². The summed E-state index contributed by atoms with van der Waals surface area (Å²) in [5.41, 5.74) is 1.14. The second-order valence-corrected chi connectivity index (χ2v) is 9.19. The SMILES string of the molecule is CN(C1CCCN(Cc2csc(C3CC3)n2)C1)S(C)(=O)=O. The van der Waals surface area contributed by atoms with Gasteiger partial charge in [-0.25, -0.2) is 17.7 Å². The summed E-state index contributed by atoms with van der Waals surface area (Å²) in [6, 6.07) is 0.0929. The molecule has 1 saturated carbocycles. The van der Waals surface area contributed by atoms with Crippen molar-refractivity contribution in [1.29, 1.82) is 0 Å². The molecule has 2 fully saturated rings. The monoisotopic (exact) mass is 329 g/mol. The Kier molecular flexibility index (Phi) is 4.36. The van der Waals surface area contributed by atoms with Crippen LogP contribution in [0, 0.1) is 0 Å². The fourth-order valence-electron chi connectivity index (χ4n) is 2.88. The topological polar surface area (TPSA) is 53.5 Å². The predicted octanol–water partition coefficient (Wildman–Crippen LogP) is 1.88. The van der Waals surface area contributed by atoms with Crippen molar-refractivity contribution in [3.8, 4) is 0 Å². The van der Waals surface area contributed by atoms with Gasteiger partial charge in [-0.1, -0.05) is 0 Å². The normalized spacial score (nSPS) is 24.6. The summed E-state index contributed by atoms with van der Waals surface area (Å²) in [5, 5.41) is 3.45. The van der Waals surface area contributed by atoms with Crippen LogP contribution in [-0.2, 0) is 16.6 Å². The number of rotatable bonds is 5. The first-order chi connectivity index (χ1) is 9.93. The maximum Gasteiger partial charge on any atom is 0.211 e. The molecule has 7 heteroatoms. The molecule has 1 atom stereocenters. The van der Waals surface area contributed by atoms with E-state index < -0.39 is 10.0 Å². The Balaban J connectivity index is 1.60. The fourth-order valence-corrected chi connectivity index (χ4v) is 4.58. The number of hydrogen-bond acceptors (Lipinski definition) is 5. The zero-order chi connectivity index (χ0) is 15.0. The number of piperidine rings is 1. The molecule has 0 bridgehead atoms. The van der Waals surface area contributed by atoms with Crippen LogP contribution in [0.5, 0.6) is 0 Å². The van der Waals surface area contributed by atoms with Crippen molar-refractivity contribution in [2.24, 2.45) is 0 Å². The van der Waals surface area contributed by atoms with Crippen LogP contribution in [0.15, 0.2) is 5.38 Å². The Morgan fingerprint density at radius 3 is 2.86 bits per heavy atom. The molecule has 5 nitrogen and oxygen atoms in total. The molecule has 1 aliphatic carbocycles. The van der Waals surface area contributed by atoms with Gasteiger partial charge < -0.3 is 0 Å². The number of likely N-dealkylation sites (N-methyl/N-ethyl adjacent to an activating group) is 1. The molecule has 1 aromatic heterocycles. The van der Waals surface area contributed by atoms with Crippen LogP contribution in [0.25, 0.3) is 0 Å². The number of likely N-dealkylation sites (tertiary alicyclic amines) is 1. The molecule has 1 saturated heterocycles. The summed E-state index contributed by atoms with van der Waals surface area (Å²) in [7, 11) is -1.41. The summed E-state index contributed by atoms with van der Waals surface area (Å²) in [6.45, 7) is 2.68. The molecular formula is C14H23N3O2S2. The Hall–Kier alpha value is -0.500. The molecular weight excluding hydrogens is 306 g/mol. The van der Waals surface area contributed by atoms with Gasteiger partial charge in [0.25, 0.3) is 0 Å².